The predicted octanol–water partition coefficient (Wildman–Crippen LogP) is 3.15. The third-order valence-electron chi connectivity index (χ3n) is 3.62. The molecule has 19 heavy (non-hydrogen) atoms. The van der Waals surface area contributed by atoms with E-state index in [1.165, 1.54) is 5.56 Å². The highest BCUT2D eigenvalue weighted by molar-refractivity contribution is 5.27. The molecular formula is C16H28N2O. The molecule has 0 aliphatic heterocycles. The van der Waals surface area contributed by atoms with Crippen LogP contribution in [0, 0.1) is 5.41 Å². The van der Waals surface area contributed by atoms with E-state index >= 15 is 0 Å². The van der Waals surface area contributed by atoms with Gasteiger partial charge in [-0.05, 0) is 49.5 Å². The second-order valence-corrected chi connectivity index (χ2v) is 6.11. The van der Waals surface area contributed by atoms with E-state index in [4.69, 9.17) is 5.73 Å². The Morgan fingerprint density at radius 1 is 1.26 bits per heavy atom. The van der Waals surface area contributed by atoms with Crippen LogP contribution < -0.4 is 5.73 Å². The van der Waals surface area contributed by atoms with E-state index in [1.807, 2.05) is 12.1 Å². The second kappa shape index (κ2) is 6.92. The number of hydrogen-bond acceptors (Lipinski definition) is 3. The summed E-state index contributed by atoms with van der Waals surface area (Å²) in [5, 5.41) is 9.37. The van der Waals surface area contributed by atoms with E-state index in [2.05, 4.69) is 32.6 Å². The molecule has 0 fully saturated rings. The zero-order chi connectivity index (χ0) is 14.5. The molecule has 1 atom stereocenters. The highest BCUT2D eigenvalue weighted by atomic mass is 16.3. The molecule has 0 aromatic heterocycles. The van der Waals surface area contributed by atoms with Crippen molar-refractivity contribution in [2.75, 3.05) is 19.6 Å². The van der Waals surface area contributed by atoms with Gasteiger partial charge >= 0.3 is 0 Å². The SMILES string of the molecule is CCCN(CC(C)(C)CN)C(C)c1ccc(O)cc1. The first-order chi connectivity index (χ1) is 8.89. The number of nitrogens with zero attached hydrogens (tertiary/aromatic N) is 1. The predicted molar refractivity (Wildman–Crippen MR) is 81.2 cm³/mol. The Morgan fingerprint density at radius 2 is 1.84 bits per heavy atom. The van der Waals surface area contributed by atoms with E-state index in [0.717, 1.165) is 19.5 Å². The topological polar surface area (TPSA) is 49.5 Å². The molecule has 0 saturated carbocycles. The molecule has 3 nitrogen and oxygen atoms in total. The van der Waals surface area contributed by atoms with Gasteiger partial charge in [0.2, 0.25) is 0 Å². The molecule has 0 aliphatic rings. The summed E-state index contributed by atoms with van der Waals surface area (Å²) >= 11 is 0. The number of benzene rings is 1. The summed E-state index contributed by atoms with van der Waals surface area (Å²) < 4.78 is 0. The minimum atomic E-state index is 0.125. The zero-order valence-electron chi connectivity index (χ0n) is 12.7. The molecule has 1 rings (SSSR count). The van der Waals surface area contributed by atoms with Crippen LogP contribution in [0.1, 0.15) is 45.7 Å². The van der Waals surface area contributed by atoms with Gasteiger partial charge in [-0.25, -0.2) is 0 Å². The fourth-order valence-electron chi connectivity index (χ4n) is 2.27. The maximum Gasteiger partial charge on any atom is 0.115 e. The van der Waals surface area contributed by atoms with Crippen LogP contribution in [0.3, 0.4) is 0 Å². The first-order valence-corrected chi connectivity index (χ1v) is 7.12. The van der Waals surface area contributed by atoms with E-state index < -0.39 is 0 Å². The smallest absolute Gasteiger partial charge is 0.115 e. The number of hydrogen-bond donors (Lipinski definition) is 2. The van der Waals surface area contributed by atoms with Gasteiger partial charge in [-0.1, -0.05) is 32.9 Å². The minimum absolute atomic E-state index is 0.125. The lowest BCUT2D eigenvalue weighted by atomic mass is 9.91. The highest BCUT2D eigenvalue weighted by Crippen LogP contribution is 2.26. The van der Waals surface area contributed by atoms with Crippen LogP contribution in [0.15, 0.2) is 24.3 Å². The molecule has 3 N–H and O–H groups in total. The van der Waals surface area contributed by atoms with Gasteiger partial charge in [0.1, 0.15) is 5.75 Å². The average molecular weight is 264 g/mol. The van der Waals surface area contributed by atoms with Crippen LogP contribution in [-0.4, -0.2) is 29.6 Å². The molecule has 0 aliphatic carbocycles. The number of rotatable bonds is 7. The Bertz CT molecular complexity index is 373. The first-order valence-electron chi connectivity index (χ1n) is 7.12. The summed E-state index contributed by atoms with van der Waals surface area (Å²) in [6, 6.07) is 7.84. The number of nitrogens with two attached hydrogens (primary N) is 1. The van der Waals surface area contributed by atoms with E-state index in [-0.39, 0.29) is 5.41 Å². The van der Waals surface area contributed by atoms with Crippen molar-refractivity contribution in [2.24, 2.45) is 11.1 Å². The normalized spacial score (nSPS) is 13.8. The summed E-state index contributed by atoms with van der Waals surface area (Å²) in [6.45, 7) is 11.6. The van der Waals surface area contributed by atoms with Gasteiger partial charge in [-0.15, -0.1) is 0 Å². The molecule has 0 bridgehead atoms. The molecular weight excluding hydrogens is 236 g/mol. The summed E-state index contributed by atoms with van der Waals surface area (Å²) in [6.07, 6.45) is 1.13. The van der Waals surface area contributed by atoms with Gasteiger partial charge in [0.15, 0.2) is 0 Å². The van der Waals surface area contributed by atoms with Crippen molar-refractivity contribution in [3.8, 4) is 5.75 Å². The van der Waals surface area contributed by atoms with Gasteiger partial charge in [0.05, 0.1) is 0 Å². The Morgan fingerprint density at radius 3 is 2.32 bits per heavy atom. The Balaban J connectivity index is 2.83. The lowest BCUT2D eigenvalue weighted by Crippen LogP contribution is -2.40. The molecule has 0 saturated heterocycles. The van der Waals surface area contributed by atoms with Crippen LogP contribution >= 0.6 is 0 Å². The minimum Gasteiger partial charge on any atom is -0.508 e. The van der Waals surface area contributed by atoms with Gasteiger partial charge < -0.3 is 10.8 Å². The number of aromatic hydroxyl groups is 1. The number of phenolic OH excluding ortho intramolecular Hbond substituents is 1. The molecule has 1 aromatic rings. The fourth-order valence-corrected chi connectivity index (χ4v) is 2.27. The van der Waals surface area contributed by atoms with E-state index in [0.29, 0.717) is 18.3 Å². The van der Waals surface area contributed by atoms with Gasteiger partial charge in [-0.2, -0.15) is 0 Å². The monoisotopic (exact) mass is 264 g/mol. The summed E-state index contributed by atoms with van der Waals surface area (Å²) in [5.41, 5.74) is 7.21. The zero-order valence-corrected chi connectivity index (χ0v) is 12.7. The van der Waals surface area contributed by atoms with Crippen LogP contribution in [0.5, 0.6) is 5.75 Å². The van der Waals surface area contributed by atoms with Crippen LogP contribution in [0.2, 0.25) is 0 Å². The summed E-state index contributed by atoms with van der Waals surface area (Å²) in [4.78, 5) is 2.47. The first kappa shape index (κ1) is 16.0. The molecule has 1 unspecified atom stereocenters. The highest BCUT2D eigenvalue weighted by Gasteiger charge is 2.23. The van der Waals surface area contributed by atoms with Crippen molar-refractivity contribution in [3.63, 3.8) is 0 Å². The van der Waals surface area contributed by atoms with Crippen molar-refractivity contribution in [1.82, 2.24) is 4.90 Å². The third kappa shape index (κ3) is 4.84. The van der Waals surface area contributed by atoms with E-state index in [9.17, 15) is 5.11 Å². The van der Waals surface area contributed by atoms with Crippen LogP contribution in [0.4, 0.5) is 0 Å². The molecule has 108 valence electrons. The lowest BCUT2D eigenvalue weighted by molar-refractivity contribution is 0.140. The van der Waals surface area contributed by atoms with Crippen molar-refractivity contribution in [3.05, 3.63) is 29.8 Å². The van der Waals surface area contributed by atoms with Gasteiger partial charge in [0, 0.05) is 12.6 Å². The standard InChI is InChI=1S/C16H28N2O/c1-5-10-18(12-16(3,4)11-17)13(2)14-6-8-15(19)9-7-14/h6-9,13,19H,5,10-12,17H2,1-4H3. The quantitative estimate of drug-likeness (QED) is 0.795. The van der Waals surface area contributed by atoms with Crippen molar-refractivity contribution >= 4 is 0 Å². The Hall–Kier alpha value is -1.06. The maximum absolute atomic E-state index is 9.37. The number of phenols is 1. The van der Waals surface area contributed by atoms with Crippen molar-refractivity contribution < 1.29 is 5.11 Å². The molecule has 0 radical (unpaired) electrons. The largest absolute Gasteiger partial charge is 0.508 e. The molecule has 0 amide bonds. The summed E-state index contributed by atoms with van der Waals surface area (Å²) in [5.74, 6) is 0.320. The lowest BCUT2D eigenvalue weighted by Gasteiger charge is -2.36. The fraction of sp³-hybridized carbons (Fsp3) is 0.625. The summed E-state index contributed by atoms with van der Waals surface area (Å²) in [7, 11) is 0. The Kier molecular flexibility index (Phi) is 5.83. The molecule has 1 aromatic carbocycles. The second-order valence-electron chi connectivity index (χ2n) is 6.11. The third-order valence-corrected chi connectivity index (χ3v) is 3.62. The molecule has 3 heteroatoms. The van der Waals surface area contributed by atoms with Crippen molar-refractivity contribution in [1.29, 1.82) is 0 Å². The van der Waals surface area contributed by atoms with E-state index in [1.54, 1.807) is 12.1 Å². The van der Waals surface area contributed by atoms with Gasteiger partial charge in [0.25, 0.3) is 0 Å². The van der Waals surface area contributed by atoms with Crippen LogP contribution in [0.25, 0.3) is 0 Å². The molecule has 0 heterocycles. The van der Waals surface area contributed by atoms with Crippen LogP contribution in [-0.2, 0) is 0 Å². The van der Waals surface area contributed by atoms with Crippen molar-refractivity contribution in [2.45, 2.75) is 40.2 Å². The molecule has 0 spiro atoms. The maximum atomic E-state index is 9.37. The Labute approximate surface area is 117 Å². The van der Waals surface area contributed by atoms with Gasteiger partial charge in [-0.3, -0.25) is 4.90 Å². The average Bonchev–Trinajstić information content (AvgIpc) is 2.38.